The molecule has 136 valence electrons. The van der Waals surface area contributed by atoms with Gasteiger partial charge in [-0.3, -0.25) is 4.79 Å². The standard InChI is InChI=1S/C19H27N3O3/c1-25-19(10-6-3-7-11-19)17(23)22(16-8-4-2-5-9-16)18(24)21-14-12-20-13-15-21/h2,4-5,8-9,20H,3,6-7,10-15H2,1H3. The molecule has 1 N–H and O–H groups in total. The van der Waals surface area contributed by atoms with Crippen molar-refractivity contribution in [2.75, 3.05) is 38.2 Å². The quantitative estimate of drug-likeness (QED) is 0.914. The molecule has 2 fully saturated rings. The first-order chi connectivity index (χ1) is 12.2. The van der Waals surface area contributed by atoms with Crippen LogP contribution in [0.2, 0.25) is 0 Å². The van der Waals surface area contributed by atoms with Crippen molar-refractivity contribution in [3.63, 3.8) is 0 Å². The van der Waals surface area contributed by atoms with Crippen LogP contribution in [0.1, 0.15) is 32.1 Å². The molecule has 1 saturated carbocycles. The van der Waals surface area contributed by atoms with E-state index in [2.05, 4.69) is 5.32 Å². The molecule has 3 amide bonds. The average Bonchev–Trinajstić information content (AvgIpc) is 2.70. The molecule has 0 bridgehead atoms. The molecule has 1 aliphatic carbocycles. The van der Waals surface area contributed by atoms with E-state index < -0.39 is 5.60 Å². The zero-order valence-electron chi connectivity index (χ0n) is 14.9. The van der Waals surface area contributed by atoms with Gasteiger partial charge < -0.3 is 15.0 Å². The SMILES string of the molecule is COC1(C(=O)N(C(=O)N2CCNCC2)c2ccccc2)CCCCC1. The first-order valence-electron chi connectivity index (χ1n) is 9.12. The first-order valence-corrected chi connectivity index (χ1v) is 9.12. The number of urea groups is 1. The Hall–Kier alpha value is -1.92. The van der Waals surface area contributed by atoms with Gasteiger partial charge in [0.25, 0.3) is 5.91 Å². The van der Waals surface area contributed by atoms with Crippen molar-refractivity contribution in [3.8, 4) is 0 Å². The third-order valence-corrected chi connectivity index (χ3v) is 5.24. The lowest BCUT2D eigenvalue weighted by Crippen LogP contribution is -2.59. The van der Waals surface area contributed by atoms with E-state index in [4.69, 9.17) is 4.74 Å². The fourth-order valence-corrected chi connectivity index (χ4v) is 3.72. The maximum atomic E-state index is 13.5. The van der Waals surface area contributed by atoms with Gasteiger partial charge in [-0.25, -0.2) is 9.69 Å². The van der Waals surface area contributed by atoms with E-state index in [9.17, 15) is 9.59 Å². The number of carbonyl (C=O) groups excluding carboxylic acids is 2. The van der Waals surface area contributed by atoms with Crippen LogP contribution in [0, 0.1) is 0 Å². The highest BCUT2D eigenvalue weighted by Crippen LogP contribution is 2.34. The van der Waals surface area contributed by atoms with Gasteiger partial charge in [-0.05, 0) is 25.0 Å². The van der Waals surface area contributed by atoms with E-state index in [0.29, 0.717) is 31.6 Å². The number of rotatable bonds is 3. The molecular weight excluding hydrogens is 318 g/mol. The number of imide groups is 1. The lowest BCUT2D eigenvalue weighted by molar-refractivity contribution is -0.143. The number of hydrogen-bond donors (Lipinski definition) is 1. The Bertz CT molecular complexity index is 593. The summed E-state index contributed by atoms with van der Waals surface area (Å²) in [6.07, 6.45) is 4.34. The van der Waals surface area contributed by atoms with Crippen LogP contribution >= 0.6 is 0 Å². The van der Waals surface area contributed by atoms with Gasteiger partial charge in [0.1, 0.15) is 5.60 Å². The van der Waals surface area contributed by atoms with Crippen LogP contribution in [-0.4, -0.2) is 55.7 Å². The van der Waals surface area contributed by atoms with E-state index in [-0.39, 0.29) is 11.9 Å². The van der Waals surface area contributed by atoms with E-state index in [1.807, 2.05) is 30.3 Å². The predicted molar refractivity (Wildman–Crippen MR) is 96.6 cm³/mol. The molecule has 1 aliphatic heterocycles. The first kappa shape index (κ1) is 17.9. The van der Waals surface area contributed by atoms with Crippen LogP contribution in [0.4, 0.5) is 10.5 Å². The van der Waals surface area contributed by atoms with E-state index in [1.54, 1.807) is 12.0 Å². The molecule has 0 spiro atoms. The number of para-hydroxylation sites is 1. The number of methoxy groups -OCH3 is 1. The number of amides is 3. The van der Waals surface area contributed by atoms with Gasteiger partial charge in [0.15, 0.2) is 0 Å². The summed E-state index contributed by atoms with van der Waals surface area (Å²) in [4.78, 5) is 29.7. The zero-order chi connectivity index (χ0) is 17.7. The van der Waals surface area contributed by atoms with Crippen LogP contribution in [0.5, 0.6) is 0 Å². The smallest absolute Gasteiger partial charge is 0.331 e. The minimum Gasteiger partial charge on any atom is -0.368 e. The molecule has 1 aromatic carbocycles. The van der Waals surface area contributed by atoms with Crippen LogP contribution in [-0.2, 0) is 9.53 Å². The second-order valence-electron chi connectivity index (χ2n) is 6.75. The average molecular weight is 345 g/mol. The summed E-state index contributed by atoms with van der Waals surface area (Å²) >= 11 is 0. The van der Waals surface area contributed by atoms with Crippen molar-refractivity contribution in [1.29, 1.82) is 0 Å². The minimum atomic E-state index is -0.891. The zero-order valence-corrected chi connectivity index (χ0v) is 14.9. The summed E-state index contributed by atoms with van der Waals surface area (Å²) in [5, 5.41) is 3.24. The third-order valence-electron chi connectivity index (χ3n) is 5.24. The number of hydrogen-bond acceptors (Lipinski definition) is 4. The van der Waals surface area contributed by atoms with Gasteiger partial charge in [0.2, 0.25) is 0 Å². The summed E-state index contributed by atoms with van der Waals surface area (Å²) < 4.78 is 5.71. The van der Waals surface area contributed by atoms with Gasteiger partial charge in [-0.15, -0.1) is 0 Å². The summed E-state index contributed by atoms with van der Waals surface area (Å²) in [7, 11) is 1.59. The van der Waals surface area contributed by atoms with Gasteiger partial charge in [0, 0.05) is 33.3 Å². The molecule has 1 heterocycles. The molecule has 2 aliphatic rings. The van der Waals surface area contributed by atoms with E-state index in [1.165, 1.54) is 4.90 Å². The third kappa shape index (κ3) is 3.70. The molecule has 0 unspecified atom stereocenters. The summed E-state index contributed by atoms with van der Waals surface area (Å²) in [6.45, 7) is 2.71. The highest BCUT2D eigenvalue weighted by atomic mass is 16.5. The normalized spacial score (nSPS) is 20.1. The number of piperazine rings is 1. The molecule has 6 heteroatoms. The summed E-state index contributed by atoms with van der Waals surface area (Å²) in [5.74, 6) is -0.232. The fraction of sp³-hybridized carbons (Fsp3) is 0.579. The Morgan fingerprint density at radius 1 is 1.08 bits per heavy atom. The molecule has 1 saturated heterocycles. The van der Waals surface area contributed by atoms with Crippen LogP contribution in [0.3, 0.4) is 0 Å². The Labute approximate surface area is 149 Å². The van der Waals surface area contributed by atoms with Gasteiger partial charge >= 0.3 is 6.03 Å². The molecular formula is C19H27N3O3. The van der Waals surface area contributed by atoms with Crippen molar-refractivity contribution >= 4 is 17.6 Å². The lowest BCUT2D eigenvalue weighted by atomic mass is 9.83. The molecule has 3 rings (SSSR count). The Morgan fingerprint density at radius 3 is 2.32 bits per heavy atom. The summed E-state index contributed by atoms with van der Waals surface area (Å²) in [5.41, 5.74) is -0.282. The molecule has 1 aromatic rings. The molecule has 0 aromatic heterocycles. The van der Waals surface area contributed by atoms with E-state index in [0.717, 1.165) is 32.4 Å². The number of benzene rings is 1. The van der Waals surface area contributed by atoms with Crippen molar-refractivity contribution in [1.82, 2.24) is 10.2 Å². The summed E-state index contributed by atoms with van der Waals surface area (Å²) in [6, 6.07) is 8.95. The Balaban J connectivity index is 1.93. The lowest BCUT2D eigenvalue weighted by Gasteiger charge is -2.40. The predicted octanol–water partition coefficient (Wildman–Crippen LogP) is 2.39. The van der Waals surface area contributed by atoms with Crippen LogP contribution in [0.25, 0.3) is 0 Å². The minimum absolute atomic E-state index is 0.232. The molecule has 6 nitrogen and oxygen atoms in total. The Morgan fingerprint density at radius 2 is 1.72 bits per heavy atom. The largest absolute Gasteiger partial charge is 0.368 e. The topological polar surface area (TPSA) is 61.9 Å². The highest BCUT2D eigenvalue weighted by Gasteiger charge is 2.45. The molecule has 25 heavy (non-hydrogen) atoms. The Kier molecular flexibility index (Phi) is 5.71. The van der Waals surface area contributed by atoms with Crippen molar-refractivity contribution in [2.45, 2.75) is 37.7 Å². The number of nitrogens with one attached hydrogen (secondary N) is 1. The van der Waals surface area contributed by atoms with Crippen molar-refractivity contribution < 1.29 is 14.3 Å². The fourth-order valence-electron chi connectivity index (χ4n) is 3.72. The number of carbonyl (C=O) groups is 2. The highest BCUT2D eigenvalue weighted by molar-refractivity contribution is 6.17. The molecule has 0 atom stereocenters. The molecule has 0 radical (unpaired) electrons. The van der Waals surface area contributed by atoms with Gasteiger partial charge in [-0.2, -0.15) is 0 Å². The second-order valence-corrected chi connectivity index (χ2v) is 6.75. The van der Waals surface area contributed by atoms with Crippen LogP contribution < -0.4 is 10.2 Å². The number of anilines is 1. The van der Waals surface area contributed by atoms with Crippen molar-refractivity contribution in [2.24, 2.45) is 0 Å². The number of nitrogens with zero attached hydrogens (tertiary/aromatic N) is 2. The number of ether oxygens (including phenoxy) is 1. The van der Waals surface area contributed by atoms with Crippen molar-refractivity contribution in [3.05, 3.63) is 30.3 Å². The second kappa shape index (κ2) is 7.97. The van der Waals surface area contributed by atoms with Gasteiger partial charge in [-0.1, -0.05) is 37.5 Å². The monoisotopic (exact) mass is 345 g/mol. The van der Waals surface area contributed by atoms with E-state index >= 15 is 0 Å². The van der Waals surface area contributed by atoms with Gasteiger partial charge in [0.05, 0.1) is 5.69 Å². The van der Waals surface area contributed by atoms with Crippen LogP contribution in [0.15, 0.2) is 30.3 Å². The maximum Gasteiger partial charge on any atom is 0.331 e. The maximum absolute atomic E-state index is 13.5.